The molecule has 11 heteroatoms. The first-order valence-corrected chi connectivity index (χ1v) is 7.40. The third-order valence-corrected chi connectivity index (χ3v) is 3.11. The van der Waals surface area contributed by atoms with Crippen LogP contribution in [0.1, 0.15) is 13.8 Å². The Balaban J connectivity index is 0.000000508. The van der Waals surface area contributed by atoms with E-state index in [9.17, 15) is 18.0 Å². The molecule has 0 bridgehead atoms. The Morgan fingerprint density at radius 2 is 1.85 bits per heavy atom. The number of aryl methyl sites for hydroxylation is 1. The molecule has 0 N–H and O–H groups in total. The van der Waals surface area contributed by atoms with Crippen LogP contribution < -0.4 is 4.57 Å². The lowest BCUT2D eigenvalue weighted by Crippen LogP contribution is -2.47. The van der Waals surface area contributed by atoms with Crippen LogP contribution in [-0.4, -0.2) is 29.4 Å². The van der Waals surface area contributed by atoms with E-state index >= 15 is 0 Å². The third kappa shape index (κ3) is 6.33. The second kappa shape index (κ2) is 9.90. The number of esters is 1. The molecule has 0 atom stereocenters. The molecule has 138 valence electrons. The van der Waals surface area contributed by atoms with E-state index in [4.69, 9.17) is 20.5 Å². The van der Waals surface area contributed by atoms with E-state index in [1.165, 1.54) is 0 Å². The second-order valence-electron chi connectivity index (χ2n) is 5.19. The average Bonchev–Trinajstić information content (AvgIpc) is 3.04. The van der Waals surface area contributed by atoms with E-state index < -0.39 is 12.2 Å². The number of hydrogen-bond donors (Lipinski definition) is 0. The number of aromatic nitrogens is 2. The van der Waals surface area contributed by atoms with Crippen molar-refractivity contribution in [2.45, 2.75) is 33.0 Å². The minimum Gasteiger partial charge on any atom is -0.458 e. The Bertz CT molecular complexity index is 732. The van der Waals surface area contributed by atoms with Crippen LogP contribution in [0.2, 0.25) is 0 Å². The van der Waals surface area contributed by atoms with Crippen molar-refractivity contribution in [3.8, 4) is 17.9 Å². The van der Waals surface area contributed by atoms with Gasteiger partial charge in [-0.05, 0) is 13.8 Å². The predicted octanol–water partition coefficient (Wildman–Crippen LogP) is 1.64. The molecule has 0 aliphatic rings. The maximum atomic E-state index is 11.7. The molecule has 0 spiro atoms. The molecular weight excluding hydrogens is 350 g/mol. The summed E-state index contributed by atoms with van der Waals surface area (Å²) < 4.78 is 44.2. The van der Waals surface area contributed by atoms with Crippen molar-refractivity contribution in [1.29, 1.82) is 15.8 Å². The number of nitriles is 3. The Morgan fingerprint density at radius 3 is 2.15 bits per heavy atom. The number of carbonyl (C=O) groups excluding carboxylic acids is 1. The van der Waals surface area contributed by atoms with Gasteiger partial charge in [0.2, 0.25) is 6.33 Å². The third-order valence-electron chi connectivity index (χ3n) is 3.11. The number of alkyl halides is 3. The smallest absolute Gasteiger partial charge is 0.401 e. The maximum absolute atomic E-state index is 11.7. The number of hydrogen-bond acceptors (Lipinski definition) is 5. The molecule has 0 saturated heterocycles. The largest absolute Gasteiger partial charge is 0.458 e. The fourth-order valence-electron chi connectivity index (χ4n) is 1.43. The Labute approximate surface area is 149 Å². The van der Waals surface area contributed by atoms with Crippen molar-refractivity contribution in [2.24, 2.45) is 0 Å². The van der Waals surface area contributed by atoms with E-state index in [-0.39, 0.29) is 5.97 Å². The molecule has 0 aromatic carbocycles. The van der Waals surface area contributed by atoms with Gasteiger partial charge in [-0.2, -0.15) is 0 Å². The minimum absolute atomic E-state index is 0.328. The summed E-state index contributed by atoms with van der Waals surface area (Å²) in [5.41, 5.74) is 0.436. The van der Waals surface area contributed by atoms with Gasteiger partial charge in [0.1, 0.15) is 25.5 Å². The zero-order valence-electron chi connectivity index (χ0n) is 14.3. The van der Waals surface area contributed by atoms with Crippen molar-refractivity contribution >= 4 is 12.1 Å². The molecule has 0 radical (unpaired) electrons. The quantitative estimate of drug-likeness (QED) is 0.340. The van der Waals surface area contributed by atoms with Gasteiger partial charge in [-0.25, -0.2) is 42.9 Å². The van der Waals surface area contributed by atoms with Crippen LogP contribution in [0, 0.1) is 33.7 Å². The van der Waals surface area contributed by atoms with Crippen LogP contribution in [0.5, 0.6) is 0 Å². The number of carbonyl (C=O) groups is 1. The normalized spacial score (nSPS) is 10.4. The van der Waals surface area contributed by atoms with E-state index in [0.717, 1.165) is 6.54 Å². The molecule has 1 aromatic rings. The summed E-state index contributed by atoms with van der Waals surface area (Å²) in [7, 11) is 0. The van der Waals surface area contributed by atoms with Crippen LogP contribution in [0.25, 0.3) is 0 Å². The summed E-state index contributed by atoms with van der Waals surface area (Å²) >= 11 is 0. The molecule has 0 aliphatic carbocycles. The summed E-state index contributed by atoms with van der Waals surface area (Å²) in [4.78, 5) is 11.1. The molecule has 7 nitrogen and oxygen atoms in total. The van der Waals surface area contributed by atoms with Crippen LogP contribution in [0.15, 0.2) is 30.9 Å². The van der Waals surface area contributed by atoms with E-state index in [2.05, 4.69) is 18.1 Å². The molecule has 1 aromatic heterocycles. The molecule has 0 aliphatic heterocycles. The summed E-state index contributed by atoms with van der Waals surface area (Å²) in [6.07, 6.45) is -3.32. The maximum Gasteiger partial charge on any atom is 0.401 e. The lowest BCUT2D eigenvalue weighted by atomic mass is 9.28. The van der Waals surface area contributed by atoms with Gasteiger partial charge >= 0.3 is 12.1 Å². The first-order chi connectivity index (χ1) is 12.1. The summed E-state index contributed by atoms with van der Waals surface area (Å²) in [5, 5.41) is 23.8. The SMILES string of the molecule is C=C(C)C(=O)OCC[n+]1ccn(CC)c1.N#C[B-](C#N)(C#N)C(F)(F)F. The molecule has 1 heterocycles. The average molecular weight is 367 g/mol. The van der Waals surface area contributed by atoms with Crippen LogP contribution >= 0.6 is 0 Å². The van der Waals surface area contributed by atoms with Gasteiger partial charge in [0.25, 0.3) is 6.08 Å². The molecule has 0 fully saturated rings. The number of halogens is 3. The predicted molar refractivity (Wildman–Crippen MR) is 84.7 cm³/mol. The fraction of sp³-hybridized carbons (Fsp3) is 0.400. The van der Waals surface area contributed by atoms with E-state index in [1.54, 1.807) is 6.92 Å². The van der Waals surface area contributed by atoms with Crippen molar-refractivity contribution in [1.82, 2.24) is 4.57 Å². The molecule has 0 saturated carbocycles. The fourth-order valence-corrected chi connectivity index (χ4v) is 1.43. The lowest BCUT2D eigenvalue weighted by molar-refractivity contribution is -0.697. The van der Waals surface area contributed by atoms with Crippen LogP contribution in [-0.2, 0) is 22.6 Å². The Morgan fingerprint density at radius 1 is 1.31 bits per heavy atom. The first kappa shape index (κ1) is 22.7. The Hall–Kier alpha value is -3.26. The van der Waals surface area contributed by atoms with Crippen LogP contribution in [0.4, 0.5) is 13.2 Å². The zero-order chi connectivity index (χ0) is 20.4. The van der Waals surface area contributed by atoms with Crippen molar-refractivity contribution in [3.05, 3.63) is 30.9 Å². The molecular formula is C15H17BF3N5O2. The molecule has 26 heavy (non-hydrogen) atoms. The highest BCUT2D eigenvalue weighted by atomic mass is 19.4. The molecule has 0 unspecified atom stereocenters. The molecule has 1 rings (SSSR count). The summed E-state index contributed by atoms with van der Waals surface area (Å²) in [5.74, 6) is 1.68. The number of imidazole rings is 1. The van der Waals surface area contributed by atoms with Crippen LogP contribution in [0.3, 0.4) is 0 Å². The highest BCUT2D eigenvalue weighted by Gasteiger charge is 2.51. The van der Waals surface area contributed by atoms with Crippen molar-refractivity contribution in [2.75, 3.05) is 6.61 Å². The highest BCUT2D eigenvalue weighted by molar-refractivity contribution is 7.00. The van der Waals surface area contributed by atoms with E-state index in [1.807, 2.05) is 23.3 Å². The number of rotatable bonds is 5. The molecule has 0 amide bonds. The van der Waals surface area contributed by atoms with Gasteiger partial charge in [0.15, 0.2) is 0 Å². The monoisotopic (exact) mass is 367 g/mol. The topological polar surface area (TPSA) is 106 Å². The number of nitrogens with zero attached hydrogens (tertiary/aromatic N) is 5. The Kier molecular flexibility index (Phi) is 8.66. The van der Waals surface area contributed by atoms with Crippen molar-refractivity contribution in [3.63, 3.8) is 0 Å². The standard InChI is InChI=1S/C11H17N2O2.C4BF3N3/c1-4-12-5-6-13(9-12)7-8-15-11(14)10(2)3;6-4(7,8)5(1-9,2-10)3-11/h5-6,9H,2,4,7-8H2,1,3H3;/q+1;-1. The van der Waals surface area contributed by atoms with Gasteiger partial charge in [-0.3, -0.25) is 0 Å². The first-order valence-electron chi connectivity index (χ1n) is 7.40. The van der Waals surface area contributed by atoms with Gasteiger partial charge in [0.05, 0.1) is 6.54 Å². The lowest BCUT2D eigenvalue weighted by Gasteiger charge is -2.19. The highest BCUT2D eigenvalue weighted by Crippen LogP contribution is 2.26. The van der Waals surface area contributed by atoms with Gasteiger partial charge < -0.3 is 4.74 Å². The second-order valence-corrected chi connectivity index (χ2v) is 5.19. The summed E-state index contributed by atoms with van der Waals surface area (Å²) in [6.45, 7) is 9.22. The van der Waals surface area contributed by atoms with Gasteiger partial charge in [-0.15, -0.1) is 17.9 Å². The number of ether oxygens (including phenoxy) is 1. The van der Waals surface area contributed by atoms with Gasteiger partial charge in [-0.1, -0.05) is 6.58 Å². The van der Waals surface area contributed by atoms with E-state index in [0.29, 0.717) is 36.6 Å². The van der Waals surface area contributed by atoms with Gasteiger partial charge in [0, 0.05) is 5.57 Å². The summed E-state index contributed by atoms with van der Waals surface area (Å²) in [6, 6.07) is 0. The minimum atomic E-state index is -5.06. The zero-order valence-corrected chi connectivity index (χ0v) is 14.3. The van der Waals surface area contributed by atoms with Crippen molar-refractivity contribution < 1.29 is 27.3 Å².